The Morgan fingerprint density at radius 2 is 1.75 bits per heavy atom. The summed E-state index contributed by atoms with van der Waals surface area (Å²) >= 11 is 12.3. The maximum absolute atomic E-state index is 13.0. The lowest BCUT2D eigenvalue weighted by molar-refractivity contribution is -0.111. The van der Waals surface area contributed by atoms with E-state index in [0.717, 1.165) is 37.3 Å². The summed E-state index contributed by atoms with van der Waals surface area (Å²) in [6.07, 6.45) is 6.15. The van der Waals surface area contributed by atoms with Crippen LogP contribution < -0.4 is 20.9 Å². The molecule has 1 aromatic heterocycles. The number of hydrogen-bond donors (Lipinski definition) is 4. The minimum Gasteiger partial charge on any atom is -0.371 e. The molecule has 4 N–H and O–H groups in total. The highest BCUT2D eigenvalue weighted by Crippen LogP contribution is 2.26. The molecule has 1 aliphatic rings. The molecule has 4 rings (SSSR count). The number of likely N-dealkylation sites (N-methyl/N-ethyl adjacent to an activating group) is 1. The van der Waals surface area contributed by atoms with Crippen LogP contribution in [0.15, 0.2) is 60.8 Å². The van der Waals surface area contributed by atoms with E-state index in [1.165, 1.54) is 12.3 Å². The second-order valence-electron chi connectivity index (χ2n) is 9.65. The molecule has 40 heavy (non-hydrogen) atoms. The van der Waals surface area contributed by atoms with Crippen molar-refractivity contribution in [2.75, 3.05) is 49.3 Å². The molecule has 2 aromatic carbocycles. The molecule has 210 valence electrons. The number of nitrogens with zero attached hydrogens (tertiary/aromatic N) is 3. The van der Waals surface area contributed by atoms with E-state index in [2.05, 4.69) is 31.0 Å². The Hall–Kier alpha value is -3.86. The van der Waals surface area contributed by atoms with Gasteiger partial charge in [0.15, 0.2) is 0 Å². The molecule has 0 unspecified atom stereocenters. The Morgan fingerprint density at radius 1 is 1.05 bits per heavy atom. The second-order valence-corrected chi connectivity index (χ2v) is 10.5. The molecule has 3 amide bonds. The van der Waals surface area contributed by atoms with Gasteiger partial charge in [0.1, 0.15) is 5.69 Å². The molecule has 12 heteroatoms. The fourth-order valence-corrected chi connectivity index (χ4v) is 4.90. The van der Waals surface area contributed by atoms with Gasteiger partial charge in [0.05, 0.1) is 27.5 Å². The number of nitrogens with one attached hydrogen (secondary N) is 4. The van der Waals surface area contributed by atoms with Crippen LogP contribution in [0.5, 0.6) is 0 Å². The lowest BCUT2D eigenvalue weighted by atomic mass is 10.0. The van der Waals surface area contributed by atoms with Crippen LogP contribution >= 0.6 is 23.2 Å². The molecule has 10 nitrogen and oxygen atoms in total. The second kappa shape index (κ2) is 13.5. The van der Waals surface area contributed by atoms with E-state index in [-0.39, 0.29) is 44.8 Å². The number of aromatic amines is 1. The molecular weight excluding hydrogens is 553 g/mol. The molecule has 0 bridgehead atoms. The molecule has 0 atom stereocenters. The molecule has 0 radical (unpaired) electrons. The first-order chi connectivity index (χ1) is 19.2. The average molecular weight is 585 g/mol. The van der Waals surface area contributed by atoms with Crippen molar-refractivity contribution in [3.8, 4) is 0 Å². The number of piperidine rings is 1. The summed E-state index contributed by atoms with van der Waals surface area (Å²) in [6, 6.07) is 12.4. The third-order valence-corrected chi connectivity index (χ3v) is 6.98. The molecule has 0 spiro atoms. The van der Waals surface area contributed by atoms with Crippen LogP contribution in [-0.2, 0) is 4.79 Å². The summed E-state index contributed by atoms with van der Waals surface area (Å²) in [5.74, 6) is -1.09. The van der Waals surface area contributed by atoms with Gasteiger partial charge in [0, 0.05) is 43.1 Å². The first-order valence-electron chi connectivity index (χ1n) is 12.8. The third kappa shape index (κ3) is 7.62. The van der Waals surface area contributed by atoms with Gasteiger partial charge in [-0.3, -0.25) is 19.5 Å². The van der Waals surface area contributed by atoms with Crippen LogP contribution in [0.25, 0.3) is 0 Å². The van der Waals surface area contributed by atoms with Gasteiger partial charge in [-0.1, -0.05) is 41.4 Å². The third-order valence-electron chi connectivity index (χ3n) is 6.35. The number of amides is 3. The number of halogens is 2. The van der Waals surface area contributed by atoms with Gasteiger partial charge in [-0.25, -0.2) is 0 Å². The van der Waals surface area contributed by atoms with Gasteiger partial charge in [-0.2, -0.15) is 5.10 Å². The number of carbonyl (C=O) groups is 3. The molecule has 1 saturated heterocycles. The molecule has 1 aliphatic heterocycles. The fraction of sp³-hybridized carbons (Fsp3) is 0.286. The molecule has 2 heterocycles. The van der Waals surface area contributed by atoms with Gasteiger partial charge in [-0.15, -0.1) is 0 Å². The van der Waals surface area contributed by atoms with Gasteiger partial charge in [0.2, 0.25) is 5.91 Å². The normalized spacial score (nSPS) is 14.0. The summed E-state index contributed by atoms with van der Waals surface area (Å²) < 4.78 is 0. The maximum atomic E-state index is 13.0. The lowest BCUT2D eigenvalue weighted by Crippen LogP contribution is -2.45. The van der Waals surface area contributed by atoms with E-state index in [1.54, 1.807) is 18.2 Å². The Labute approximate surface area is 242 Å². The van der Waals surface area contributed by atoms with Crippen molar-refractivity contribution in [1.29, 1.82) is 0 Å². The predicted octanol–water partition coefficient (Wildman–Crippen LogP) is 4.42. The van der Waals surface area contributed by atoms with Crippen molar-refractivity contribution in [2.45, 2.75) is 18.9 Å². The minimum absolute atomic E-state index is 0.0571. The molecule has 3 aromatic rings. The number of carbonyl (C=O) groups excluding carboxylic acids is 3. The monoisotopic (exact) mass is 583 g/mol. The predicted molar refractivity (Wildman–Crippen MR) is 158 cm³/mol. The highest BCUT2D eigenvalue weighted by Gasteiger charge is 2.25. The maximum Gasteiger partial charge on any atom is 0.271 e. The Balaban J connectivity index is 1.31. The van der Waals surface area contributed by atoms with Crippen molar-refractivity contribution >= 4 is 58.0 Å². The van der Waals surface area contributed by atoms with Gasteiger partial charge < -0.3 is 25.8 Å². The fourth-order valence-electron chi connectivity index (χ4n) is 4.33. The largest absolute Gasteiger partial charge is 0.371 e. The zero-order valence-corrected chi connectivity index (χ0v) is 23.7. The van der Waals surface area contributed by atoms with E-state index in [0.29, 0.717) is 6.54 Å². The van der Waals surface area contributed by atoms with E-state index >= 15 is 0 Å². The van der Waals surface area contributed by atoms with Crippen LogP contribution in [0.1, 0.15) is 33.7 Å². The van der Waals surface area contributed by atoms with Crippen molar-refractivity contribution in [3.63, 3.8) is 0 Å². The van der Waals surface area contributed by atoms with Crippen LogP contribution in [0, 0.1) is 0 Å². The Kier molecular flexibility index (Phi) is 9.81. The topological polar surface area (TPSA) is 122 Å². The average Bonchev–Trinajstić information content (AvgIpc) is 3.37. The van der Waals surface area contributed by atoms with Crippen LogP contribution in [-0.4, -0.2) is 72.6 Å². The standard InChI is InChI=1S/C28H31Cl2N7O3/c1-36(2)13-5-10-24(38)32-19-6-3-7-20(16-19)37-14-11-18(12-15-37)33-28(40)26-23(17-31-35-26)34-27(39)25-21(29)8-4-9-22(25)30/h3-10,16-18H,11-15H2,1-2H3,(H,31,35)(H,32,38)(H,33,40)(H,34,39). The molecule has 0 aliphatic carbocycles. The Morgan fingerprint density at radius 3 is 2.45 bits per heavy atom. The SMILES string of the molecule is CN(C)CC=CC(=O)Nc1cccc(N2CCC(NC(=O)c3[nH]ncc3NC(=O)c3c(Cl)cccc3Cl)CC2)c1. The van der Waals surface area contributed by atoms with E-state index in [9.17, 15) is 14.4 Å². The van der Waals surface area contributed by atoms with E-state index < -0.39 is 5.91 Å². The smallest absolute Gasteiger partial charge is 0.271 e. The highest BCUT2D eigenvalue weighted by atomic mass is 35.5. The van der Waals surface area contributed by atoms with Crippen LogP contribution in [0.3, 0.4) is 0 Å². The van der Waals surface area contributed by atoms with Crippen LogP contribution in [0.2, 0.25) is 10.0 Å². The molecule has 1 fully saturated rings. The minimum atomic E-state index is -0.539. The first-order valence-corrected chi connectivity index (χ1v) is 13.5. The van der Waals surface area contributed by atoms with Crippen molar-refractivity contribution in [2.24, 2.45) is 0 Å². The highest BCUT2D eigenvalue weighted by molar-refractivity contribution is 6.40. The number of aromatic nitrogens is 2. The quantitative estimate of drug-likeness (QED) is 0.276. The summed E-state index contributed by atoms with van der Waals surface area (Å²) in [4.78, 5) is 42.2. The number of rotatable bonds is 9. The number of H-pyrrole nitrogens is 1. The van der Waals surface area contributed by atoms with E-state index in [4.69, 9.17) is 23.2 Å². The zero-order valence-electron chi connectivity index (χ0n) is 22.2. The summed E-state index contributed by atoms with van der Waals surface area (Å²) in [5, 5.41) is 15.6. The lowest BCUT2D eigenvalue weighted by Gasteiger charge is -2.34. The summed E-state index contributed by atoms with van der Waals surface area (Å²) in [6.45, 7) is 2.14. The molecular formula is C28H31Cl2N7O3. The molecule has 0 saturated carbocycles. The summed E-state index contributed by atoms with van der Waals surface area (Å²) in [7, 11) is 3.88. The number of anilines is 3. The number of hydrogen-bond acceptors (Lipinski definition) is 6. The van der Waals surface area contributed by atoms with Gasteiger partial charge in [0.25, 0.3) is 11.8 Å². The van der Waals surface area contributed by atoms with Crippen molar-refractivity contribution in [3.05, 3.63) is 82.1 Å². The Bertz CT molecular complexity index is 1380. The zero-order chi connectivity index (χ0) is 28.6. The van der Waals surface area contributed by atoms with Crippen molar-refractivity contribution in [1.82, 2.24) is 20.4 Å². The van der Waals surface area contributed by atoms with E-state index in [1.807, 2.05) is 49.3 Å². The van der Waals surface area contributed by atoms with Gasteiger partial charge in [-0.05, 0) is 57.3 Å². The van der Waals surface area contributed by atoms with Crippen molar-refractivity contribution < 1.29 is 14.4 Å². The van der Waals surface area contributed by atoms with Crippen LogP contribution in [0.4, 0.5) is 17.1 Å². The number of benzene rings is 2. The first kappa shape index (κ1) is 29.1. The summed E-state index contributed by atoms with van der Waals surface area (Å²) in [5.41, 5.74) is 2.21. The van der Waals surface area contributed by atoms with Gasteiger partial charge >= 0.3 is 0 Å².